The van der Waals surface area contributed by atoms with Crippen molar-refractivity contribution in [1.82, 2.24) is 0 Å². The largest absolute Gasteiger partial charge is 0.394 e. The van der Waals surface area contributed by atoms with Gasteiger partial charge in [-0.25, -0.2) is 0 Å². The maximum Gasteiger partial charge on any atom is 0.0618 e. The van der Waals surface area contributed by atoms with Crippen LogP contribution in [0.4, 0.5) is 0 Å². The molecular weight excluding hydrogens is 162 g/mol. The molecule has 70 valence electrons. The highest BCUT2D eigenvalue weighted by molar-refractivity contribution is 5.50. The van der Waals surface area contributed by atoms with Gasteiger partial charge in [0.1, 0.15) is 0 Å². The Labute approximate surface area is 78.7 Å². The Morgan fingerprint density at radius 2 is 2.31 bits per heavy atom. The molecule has 0 bridgehead atoms. The molecule has 0 aliphatic carbocycles. The fraction of sp³-hybridized carbons (Fsp3) is 0.273. The molecule has 0 aliphatic rings. The lowest BCUT2D eigenvalue weighted by Gasteiger charge is -2.00. The normalized spacial score (nSPS) is 13.5. The van der Waals surface area contributed by atoms with Crippen LogP contribution < -0.4 is 5.73 Å². The first-order valence-corrected chi connectivity index (χ1v) is 4.33. The zero-order valence-electron chi connectivity index (χ0n) is 7.77. The molecule has 1 aromatic rings. The fourth-order valence-corrected chi connectivity index (χ4v) is 1.07. The van der Waals surface area contributed by atoms with Gasteiger partial charge in [-0.15, -0.1) is 0 Å². The van der Waals surface area contributed by atoms with Gasteiger partial charge in [-0.1, -0.05) is 42.0 Å². The van der Waals surface area contributed by atoms with Crippen molar-refractivity contribution in [2.45, 2.75) is 13.0 Å². The van der Waals surface area contributed by atoms with Gasteiger partial charge in [0.25, 0.3) is 0 Å². The molecule has 0 aliphatic heterocycles. The first-order chi connectivity index (χ1) is 6.22. The molecule has 0 saturated carbocycles. The van der Waals surface area contributed by atoms with Crippen LogP contribution in [0.25, 0.3) is 6.08 Å². The van der Waals surface area contributed by atoms with Crippen LogP contribution in [0.3, 0.4) is 0 Å². The molecular formula is C11H15NO. The average Bonchev–Trinajstić information content (AvgIpc) is 2.14. The van der Waals surface area contributed by atoms with E-state index in [1.54, 1.807) is 6.08 Å². The first-order valence-electron chi connectivity index (χ1n) is 4.33. The van der Waals surface area contributed by atoms with E-state index < -0.39 is 0 Å². The lowest BCUT2D eigenvalue weighted by molar-refractivity contribution is 0.284. The first kappa shape index (κ1) is 9.96. The molecule has 0 heterocycles. The summed E-state index contributed by atoms with van der Waals surface area (Å²) in [6.07, 6.45) is 3.72. The second-order valence-electron chi connectivity index (χ2n) is 3.12. The Morgan fingerprint density at radius 3 is 2.92 bits per heavy atom. The number of aliphatic hydroxyl groups excluding tert-OH is 1. The SMILES string of the molecule is Cc1cccc(/C=C/C(N)CO)c1. The van der Waals surface area contributed by atoms with Crippen LogP contribution >= 0.6 is 0 Å². The molecule has 1 rings (SSSR count). The maximum absolute atomic E-state index is 8.69. The van der Waals surface area contributed by atoms with Crippen molar-refractivity contribution < 1.29 is 5.11 Å². The van der Waals surface area contributed by atoms with E-state index in [9.17, 15) is 0 Å². The Balaban J connectivity index is 2.68. The Bertz CT molecular complexity index is 294. The second kappa shape index (κ2) is 4.80. The number of aliphatic hydroxyl groups is 1. The highest BCUT2D eigenvalue weighted by Crippen LogP contribution is 2.05. The third-order valence-electron chi connectivity index (χ3n) is 1.79. The van der Waals surface area contributed by atoms with Crippen molar-refractivity contribution in [2.24, 2.45) is 5.73 Å². The highest BCUT2D eigenvalue weighted by atomic mass is 16.3. The van der Waals surface area contributed by atoms with Crippen LogP contribution in [0.15, 0.2) is 30.3 Å². The smallest absolute Gasteiger partial charge is 0.0618 e. The van der Waals surface area contributed by atoms with Gasteiger partial charge in [-0.3, -0.25) is 0 Å². The van der Waals surface area contributed by atoms with Crippen molar-refractivity contribution >= 4 is 6.08 Å². The third-order valence-corrected chi connectivity index (χ3v) is 1.79. The topological polar surface area (TPSA) is 46.2 Å². The van der Waals surface area contributed by atoms with Crippen LogP contribution in [0.2, 0.25) is 0 Å². The Morgan fingerprint density at radius 1 is 1.54 bits per heavy atom. The summed E-state index contributed by atoms with van der Waals surface area (Å²) in [5, 5.41) is 8.69. The minimum Gasteiger partial charge on any atom is -0.394 e. The van der Waals surface area contributed by atoms with Gasteiger partial charge in [0, 0.05) is 6.04 Å². The minimum absolute atomic E-state index is 0.0116. The van der Waals surface area contributed by atoms with E-state index in [-0.39, 0.29) is 12.6 Å². The predicted octanol–water partition coefficient (Wildman–Crippen LogP) is 1.33. The Kier molecular flexibility index (Phi) is 3.68. The van der Waals surface area contributed by atoms with Crippen molar-refractivity contribution in [2.75, 3.05) is 6.61 Å². The van der Waals surface area contributed by atoms with Gasteiger partial charge in [-0.2, -0.15) is 0 Å². The number of rotatable bonds is 3. The zero-order chi connectivity index (χ0) is 9.68. The summed E-state index contributed by atoms with van der Waals surface area (Å²) in [7, 11) is 0. The van der Waals surface area contributed by atoms with Gasteiger partial charge >= 0.3 is 0 Å². The molecule has 2 heteroatoms. The standard InChI is InChI=1S/C11H15NO/c1-9-3-2-4-10(7-9)5-6-11(12)8-13/h2-7,11,13H,8,12H2,1H3/b6-5+. The molecule has 1 unspecified atom stereocenters. The van der Waals surface area contributed by atoms with Gasteiger partial charge in [0.2, 0.25) is 0 Å². The van der Waals surface area contributed by atoms with Crippen molar-refractivity contribution in [1.29, 1.82) is 0 Å². The molecule has 1 atom stereocenters. The highest BCUT2D eigenvalue weighted by Gasteiger charge is 1.92. The van der Waals surface area contributed by atoms with Crippen LogP contribution in [0.5, 0.6) is 0 Å². The number of nitrogens with two attached hydrogens (primary N) is 1. The summed E-state index contributed by atoms with van der Waals surface area (Å²) in [4.78, 5) is 0. The van der Waals surface area contributed by atoms with E-state index in [1.165, 1.54) is 5.56 Å². The number of benzene rings is 1. The second-order valence-corrected chi connectivity index (χ2v) is 3.12. The van der Waals surface area contributed by atoms with Crippen molar-refractivity contribution in [3.05, 3.63) is 41.5 Å². The lowest BCUT2D eigenvalue weighted by Crippen LogP contribution is -2.20. The number of aryl methyl sites for hydroxylation is 1. The Hall–Kier alpha value is -1.12. The van der Waals surface area contributed by atoms with Gasteiger partial charge in [-0.05, 0) is 12.5 Å². The fourth-order valence-electron chi connectivity index (χ4n) is 1.07. The predicted molar refractivity (Wildman–Crippen MR) is 55.3 cm³/mol. The molecule has 0 aromatic heterocycles. The van der Waals surface area contributed by atoms with Gasteiger partial charge < -0.3 is 10.8 Å². The van der Waals surface area contributed by atoms with E-state index in [0.717, 1.165) is 5.56 Å². The van der Waals surface area contributed by atoms with Crippen molar-refractivity contribution in [3.8, 4) is 0 Å². The third kappa shape index (κ3) is 3.40. The summed E-state index contributed by atoms with van der Waals surface area (Å²) < 4.78 is 0. The van der Waals surface area contributed by atoms with E-state index in [2.05, 4.69) is 6.07 Å². The summed E-state index contributed by atoms with van der Waals surface area (Å²) in [5.74, 6) is 0. The summed E-state index contributed by atoms with van der Waals surface area (Å²) in [6.45, 7) is 2.03. The van der Waals surface area contributed by atoms with Gasteiger partial charge in [0.05, 0.1) is 6.61 Å². The average molecular weight is 177 g/mol. The molecule has 1 aromatic carbocycles. The summed E-state index contributed by atoms with van der Waals surface area (Å²) in [5.41, 5.74) is 7.86. The molecule has 13 heavy (non-hydrogen) atoms. The van der Waals surface area contributed by atoms with Crippen LogP contribution in [-0.2, 0) is 0 Å². The van der Waals surface area contributed by atoms with E-state index in [4.69, 9.17) is 10.8 Å². The quantitative estimate of drug-likeness (QED) is 0.731. The van der Waals surface area contributed by atoms with Crippen molar-refractivity contribution in [3.63, 3.8) is 0 Å². The van der Waals surface area contributed by atoms with Gasteiger partial charge in [0.15, 0.2) is 0 Å². The van der Waals surface area contributed by atoms with Crippen LogP contribution in [0, 0.1) is 6.92 Å². The minimum atomic E-state index is -0.263. The van der Waals surface area contributed by atoms with E-state index in [1.807, 2.05) is 31.2 Å². The number of hydrogen-bond acceptors (Lipinski definition) is 2. The molecule has 0 amide bonds. The number of hydrogen-bond donors (Lipinski definition) is 2. The van der Waals surface area contributed by atoms with Crippen LogP contribution in [-0.4, -0.2) is 17.8 Å². The monoisotopic (exact) mass is 177 g/mol. The zero-order valence-corrected chi connectivity index (χ0v) is 7.77. The molecule has 0 saturated heterocycles. The van der Waals surface area contributed by atoms with Crippen LogP contribution in [0.1, 0.15) is 11.1 Å². The molecule has 3 N–H and O–H groups in total. The molecule has 0 radical (unpaired) electrons. The summed E-state index contributed by atoms with van der Waals surface area (Å²) >= 11 is 0. The maximum atomic E-state index is 8.69. The summed E-state index contributed by atoms with van der Waals surface area (Å²) in [6, 6.07) is 7.86. The van der Waals surface area contributed by atoms with E-state index >= 15 is 0 Å². The molecule has 0 spiro atoms. The lowest BCUT2D eigenvalue weighted by atomic mass is 10.1. The van der Waals surface area contributed by atoms with E-state index in [0.29, 0.717) is 0 Å². The molecule has 0 fully saturated rings. The molecule has 2 nitrogen and oxygen atoms in total.